The second-order valence-corrected chi connectivity index (χ2v) is 5.30. The van der Waals surface area contributed by atoms with Gasteiger partial charge >= 0.3 is 0 Å². The fourth-order valence-electron chi connectivity index (χ4n) is 1.71. The van der Waals surface area contributed by atoms with E-state index >= 15 is 0 Å². The topological polar surface area (TPSA) is 0 Å². The molecule has 2 heteroatoms. The summed E-state index contributed by atoms with van der Waals surface area (Å²) >= 11 is 8.71. The van der Waals surface area contributed by atoms with E-state index in [0.717, 1.165) is 9.79 Å². The highest BCUT2D eigenvalue weighted by Gasteiger charge is 2.19. The summed E-state index contributed by atoms with van der Waals surface area (Å²) in [6, 6.07) is 6.30. The van der Waals surface area contributed by atoms with Crippen molar-refractivity contribution in [1.82, 2.24) is 0 Å². The lowest BCUT2D eigenvalue weighted by molar-refractivity contribution is 0.472. The predicted molar refractivity (Wildman–Crippen MR) is 68.9 cm³/mol. The number of rotatable bonds is 3. The zero-order valence-corrected chi connectivity index (χ0v) is 10.8. The van der Waals surface area contributed by atoms with Crippen molar-refractivity contribution in [3.63, 3.8) is 0 Å². The molecule has 0 spiro atoms. The molecule has 0 aromatic heterocycles. The van der Waals surface area contributed by atoms with Crippen LogP contribution in [0.1, 0.15) is 39.2 Å². The van der Waals surface area contributed by atoms with Gasteiger partial charge in [0.2, 0.25) is 0 Å². The molecule has 0 atom stereocenters. The van der Waals surface area contributed by atoms with Crippen molar-refractivity contribution in [3.8, 4) is 0 Å². The molecular weight excluding hydrogens is 208 g/mol. The first-order valence-electron chi connectivity index (χ1n) is 5.00. The molecule has 0 nitrogen and oxygen atoms in total. The molecule has 0 unspecified atom stereocenters. The van der Waals surface area contributed by atoms with Crippen LogP contribution in [0, 0.1) is 0 Å². The smallest absolute Gasteiger partial charge is 0.0177 e. The van der Waals surface area contributed by atoms with Crippen LogP contribution in [0.5, 0.6) is 0 Å². The Balaban J connectivity index is 3.01. The third kappa shape index (κ3) is 2.71. The summed E-state index contributed by atoms with van der Waals surface area (Å²) in [5.41, 5.74) is 1.59. The normalized spacial score (nSPS) is 11.8. The molecule has 0 bridgehead atoms. The van der Waals surface area contributed by atoms with Gasteiger partial charge in [-0.2, -0.15) is 0 Å². The molecule has 0 saturated heterocycles. The molecule has 14 heavy (non-hydrogen) atoms. The minimum atomic E-state index is 0.244. The first-order valence-corrected chi connectivity index (χ1v) is 5.89. The van der Waals surface area contributed by atoms with Crippen LogP contribution in [0.4, 0.5) is 0 Å². The summed E-state index contributed by atoms with van der Waals surface area (Å²) in [6.07, 6.45) is 2.41. The van der Waals surface area contributed by atoms with E-state index in [-0.39, 0.29) is 5.41 Å². The number of thiol groups is 2. The second-order valence-electron chi connectivity index (χ2n) is 4.34. The fourth-order valence-corrected chi connectivity index (χ4v) is 2.07. The summed E-state index contributed by atoms with van der Waals surface area (Å²) < 4.78 is 0. The minimum absolute atomic E-state index is 0.244. The number of hydrogen-bond acceptors (Lipinski definition) is 2. The van der Waals surface area contributed by atoms with E-state index in [0.29, 0.717) is 0 Å². The molecule has 0 fully saturated rings. The molecule has 0 N–H and O–H groups in total. The maximum atomic E-state index is 4.39. The van der Waals surface area contributed by atoms with Gasteiger partial charge in [0.25, 0.3) is 0 Å². The van der Waals surface area contributed by atoms with Crippen LogP contribution in [-0.4, -0.2) is 0 Å². The maximum Gasteiger partial charge on any atom is 0.0177 e. The van der Waals surface area contributed by atoms with E-state index in [9.17, 15) is 0 Å². The van der Waals surface area contributed by atoms with E-state index in [4.69, 9.17) is 0 Å². The van der Waals surface area contributed by atoms with Gasteiger partial charge in [-0.3, -0.25) is 0 Å². The molecular formula is C12H18S2. The van der Waals surface area contributed by atoms with Gasteiger partial charge in [-0.25, -0.2) is 0 Å². The Labute approximate surface area is 97.9 Å². The molecule has 0 aliphatic heterocycles. The van der Waals surface area contributed by atoms with Gasteiger partial charge < -0.3 is 0 Å². The van der Waals surface area contributed by atoms with Gasteiger partial charge in [-0.1, -0.05) is 33.3 Å². The number of hydrogen-bond donors (Lipinski definition) is 2. The van der Waals surface area contributed by atoms with Crippen molar-refractivity contribution in [1.29, 1.82) is 0 Å². The molecule has 0 radical (unpaired) electrons. The van der Waals surface area contributed by atoms with E-state index in [2.05, 4.69) is 58.2 Å². The Morgan fingerprint density at radius 3 is 2.29 bits per heavy atom. The van der Waals surface area contributed by atoms with Crippen molar-refractivity contribution in [2.45, 2.75) is 48.8 Å². The number of benzene rings is 1. The van der Waals surface area contributed by atoms with E-state index in [1.165, 1.54) is 18.4 Å². The molecule has 78 valence electrons. The van der Waals surface area contributed by atoms with Crippen LogP contribution >= 0.6 is 25.3 Å². The second kappa shape index (κ2) is 4.63. The third-order valence-corrected chi connectivity index (χ3v) is 3.57. The summed E-state index contributed by atoms with van der Waals surface area (Å²) in [5.74, 6) is 0. The molecule has 0 amide bonds. The molecule has 0 heterocycles. The van der Waals surface area contributed by atoms with Crippen molar-refractivity contribution in [2.75, 3.05) is 0 Å². The standard InChI is InChI=1S/C12H18S2/c1-4-7-12(2,3)9-5-6-10(13)11(14)8-9/h5-6,8,13-14H,4,7H2,1-3H3. The lowest BCUT2D eigenvalue weighted by atomic mass is 9.81. The first kappa shape index (κ1) is 12.0. The van der Waals surface area contributed by atoms with Crippen LogP contribution < -0.4 is 0 Å². The SMILES string of the molecule is CCCC(C)(C)c1ccc(S)c(S)c1. The molecule has 0 saturated carbocycles. The summed E-state index contributed by atoms with van der Waals surface area (Å²) in [6.45, 7) is 6.77. The first-order chi connectivity index (χ1) is 6.47. The highest BCUT2D eigenvalue weighted by molar-refractivity contribution is 7.83. The van der Waals surface area contributed by atoms with Crippen LogP contribution in [0.2, 0.25) is 0 Å². The van der Waals surface area contributed by atoms with Gasteiger partial charge in [0, 0.05) is 9.79 Å². The van der Waals surface area contributed by atoms with Gasteiger partial charge in [0.05, 0.1) is 0 Å². The third-order valence-electron chi connectivity index (χ3n) is 2.63. The quantitative estimate of drug-likeness (QED) is 0.704. The van der Waals surface area contributed by atoms with Crippen molar-refractivity contribution >= 4 is 25.3 Å². The molecule has 0 aliphatic rings. The minimum Gasteiger partial charge on any atom is -0.142 e. The Morgan fingerprint density at radius 1 is 1.14 bits per heavy atom. The lowest BCUT2D eigenvalue weighted by Gasteiger charge is -2.25. The molecule has 1 aromatic rings. The largest absolute Gasteiger partial charge is 0.142 e. The molecule has 1 rings (SSSR count). The monoisotopic (exact) mass is 226 g/mol. The Hall–Kier alpha value is -0.0800. The van der Waals surface area contributed by atoms with Crippen LogP contribution in [-0.2, 0) is 5.41 Å². The van der Waals surface area contributed by atoms with Crippen LogP contribution in [0.25, 0.3) is 0 Å². The highest BCUT2D eigenvalue weighted by atomic mass is 32.1. The van der Waals surface area contributed by atoms with E-state index in [1.807, 2.05) is 6.07 Å². The van der Waals surface area contributed by atoms with Gasteiger partial charge in [-0.15, -0.1) is 25.3 Å². The zero-order chi connectivity index (χ0) is 10.8. The Morgan fingerprint density at radius 2 is 1.79 bits per heavy atom. The maximum absolute atomic E-state index is 4.39. The average Bonchev–Trinajstić information content (AvgIpc) is 2.09. The van der Waals surface area contributed by atoms with Crippen molar-refractivity contribution in [3.05, 3.63) is 23.8 Å². The van der Waals surface area contributed by atoms with Gasteiger partial charge in [0.1, 0.15) is 0 Å². The predicted octanol–water partition coefficient (Wildman–Crippen LogP) is 4.34. The van der Waals surface area contributed by atoms with Crippen LogP contribution in [0.3, 0.4) is 0 Å². The Kier molecular flexibility index (Phi) is 3.96. The van der Waals surface area contributed by atoms with Crippen molar-refractivity contribution in [2.24, 2.45) is 0 Å². The molecule has 1 aromatic carbocycles. The average molecular weight is 226 g/mol. The summed E-state index contributed by atoms with van der Waals surface area (Å²) in [7, 11) is 0. The van der Waals surface area contributed by atoms with Crippen LogP contribution in [0.15, 0.2) is 28.0 Å². The lowest BCUT2D eigenvalue weighted by Crippen LogP contribution is -2.16. The Bertz CT molecular complexity index is 316. The summed E-state index contributed by atoms with van der Waals surface area (Å²) in [5, 5.41) is 0. The summed E-state index contributed by atoms with van der Waals surface area (Å²) in [4.78, 5) is 1.92. The van der Waals surface area contributed by atoms with E-state index < -0.39 is 0 Å². The van der Waals surface area contributed by atoms with Gasteiger partial charge in [0.15, 0.2) is 0 Å². The zero-order valence-electron chi connectivity index (χ0n) is 9.04. The highest BCUT2D eigenvalue weighted by Crippen LogP contribution is 2.31. The molecule has 0 aliphatic carbocycles. The van der Waals surface area contributed by atoms with Gasteiger partial charge in [-0.05, 0) is 29.5 Å². The van der Waals surface area contributed by atoms with E-state index in [1.54, 1.807) is 0 Å². The fraction of sp³-hybridized carbons (Fsp3) is 0.500. The van der Waals surface area contributed by atoms with Crippen molar-refractivity contribution < 1.29 is 0 Å².